The maximum absolute atomic E-state index is 12.2. The third kappa shape index (κ3) is 4.87. The van der Waals surface area contributed by atoms with Crippen molar-refractivity contribution in [1.29, 1.82) is 0 Å². The minimum absolute atomic E-state index is 0.0848. The van der Waals surface area contributed by atoms with Gasteiger partial charge in [-0.2, -0.15) is 0 Å². The molecule has 0 radical (unpaired) electrons. The predicted molar refractivity (Wildman–Crippen MR) is 115 cm³/mol. The van der Waals surface area contributed by atoms with Crippen LogP contribution in [0.1, 0.15) is 0 Å². The van der Waals surface area contributed by atoms with Crippen LogP contribution in [0.2, 0.25) is 10.0 Å². The Bertz CT molecular complexity index is 1040. The second-order valence-electron chi connectivity index (χ2n) is 5.71. The summed E-state index contributed by atoms with van der Waals surface area (Å²) in [6.07, 6.45) is 0. The van der Waals surface area contributed by atoms with E-state index in [1.54, 1.807) is 50.6 Å². The molecule has 0 aliphatic heterocycles. The molecule has 0 saturated carbocycles. The van der Waals surface area contributed by atoms with Gasteiger partial charge in [-0.3, -0.25) is 4.79 Å². The second-order valence-corrected chi connectivity index (χ2v) is 7.47. The maximum Gasteiger partial charge on any atom is 0.234 e. The number of nitrogens with zero attached hydrogens (tertiary/aromatic N) is 3. The molecule has 3 aromatic rings. The first-order valence-electron chi connectivity index (χ1n) is 8.23. The van der Waals surface area contributed by atoms with Gasteiger partial charge >= 0.3 is 0 Å². The number of nitrogens with one attached hydrogen (secondary N) is 1. The number of nitrogen functional groups attached to an aromatic ring is 1. The van der Waals surface area contributed by atoms with Crippen molar-refractivity contribution in [1.82, 2.24) is 14.9 Å². The number of carbonyl (C=O) groups excluding carboxylic acids is 1. The smallest absolute Gasteiger partial charge is 0.234 e. The predicted octanol–water partition coefficient (Wildman–Crippen LogP) is 3.71. The molecule has 1 amide bonds. The van der Waals surface area contributed by atoms with Crippen LogP contribution in [0.5, 0.6) is 11.5 Å². The van der Waals surface area contributed by atoms with Crippen LogP contribution in [-0.2, 0) is 4.79 Å². The lowest BCUT2D eigenvalue weighted by Gasteiger charge is -2.09. The quantitative estimate of drug-likeness (QED) is 0.414. The van der Waals surface area contributed by atoms with Gasteiger partial charge in [0.1, 0.15) is 0 Å². The van der Waals surface area contributed by atoms with Gasteiger partial charge in [-0.1, -0.05) is 35.0 Å². The summed E-state index contributed by atoms with van der Waals surface area (Å²) in [7, 11) is 3.10. The van der Waals surface area contributed by atoms with E-state index in [1.807, 2.05) is 0 Å². The van der Waals surface area contributed by atoms with Gasteiger partial charge in [-0.05, 0) is 36.4 Å². The van der Waals surface area contributed by atoms with Crippen molar-refractivity contribution in [2.24, 2.45) is 0 Å². The molecule has 1 heterocycles. The fraction of sp³-hybridized carbons (Fsp3) is 0.167. The number of halogens is 2. The van der Waals surface area contributed by atoms with E-state index in [0.29, 0.717) is 43.8 Å². The van der Waals surface area contributed by atoms with Crippen LogP contribution in [0.4, 0.5) is 5.69 Å². The van der Waals surface area contributed by atoms with Crippen LogP contribution >= 0.6 is 35.0 Å². The number of anilines is 1. The number of ether oxygens (including phenoxy) is 2. The Hall–Kier alpha value is -2.62. The number of aromatic nitrogens is 3. The van der Waals surface area contributed by atoms with Crippen molar-refractivity contribution in [3.05, 3.63) is 46.4 Å². The van der Waals surface area contributed by atoms with Crippen molar-refractivity contribution < 1.29 is 14.3 Å². The molecule has 3 rings (SSSR count). The minimum atomic E-state index is -0.246. The highest BCUT2D eigenvalue weighted by Gasteiger charge is 2.16. The molecule has 0 bridgehead atoms. The van der Waals surface area contributed by atoms with Crippen molar-refractivity contribution in [3.63, 3.8) is 0 Å². The largest absolute Gasteiger partial charge is 0.493 e. The zero-order valence-corrected chi connectivity index (χ0v) is 17.8. The lowest BCUT2D eigenvalue weighted by molar-refractivity contribution is -0.113. The first-order chi connectivity index (χ1) is 13.9. The molecule has 8 nitrogen and oxygen atoms in total. The topological polar surface area (TPSA) is 104 Å². The lowest BCUT2D eigenvalue weighted by atomic mass is 10.2. The third-order valence-electron chi connectivity index (χ3n) is 3.84. The first kappa shape index (κ1) is 21.1. The minimum Gasteiger partial charge on any atom is -0.493 e. The molecule has 0 aliphatic rings. The highest BCUT2D eigenvalue weighted by molar-refractivity contribution is 7.99. The van der Waals surface area contributed by atoms with Gasteiger partial charge in [0.2, 0.25) is 11.1 Å². The Morgan fingerprint density at radius 2 is 1.86 bits per heavy atom. The number of benzene rings is 2. The van der Waals surface area contributed by atoms with E-state index < -0.39 is 0 Å². The molecule has 3 N–H and O–H groups in total. The molecule has 152 valence electrons. The van der Waals surface area contributed by atoms with E-state index in [9.17, 15) is 4.79 Å². The summed E-state index contributed by atoms with van der Waals surface area (Å²) < 4.78 is 11.8. The van der Waals surface area contributed by atoms with Crippen LogP contribution in [-0.4, -0.2) is 40.8 Å². The second kappa shape index (κ2) is 9.25. The molecule has 0 aliphatic carbocycles. The van der Waals surface area contributed by atoms with Crippen molar-refractivity contribution >= 4 is 46.6 Å². The Morgan fingerprint density at radius 3 is 2.55 bits per heavy atom. The molecular formula is C18H17Cl2N5O3S. The highest BCUT2D eigenvalue weighted by Crippen LogP contribution is 2.32. The number of hydrogen-bond donors (Lipinski definition) is 2. The number of amides is 1. The van der Waals surface area contributed by atoms with Crippen molar-refractivity contribution in [2.75, 3.05) is 31.1 Å². The van der Waals surface area contributed by atoms with E-state index >= 15 is 0 Å². The third-order valence-corrected chi connectivity index (χ3v) is 5.52. The summed E-state index contributed by atoms with van der Waals surface area (Å²) >= 11 is 13.0. The van der Waals surface area contributed by atoms with Gasteiger partial charge in [0.15, 0.2) is 17.3 Å². The Kier molecular flexibility index (Phi) is 6.73. The number of carbonyl (C=O) groups is 1. The van der Waals surface area contributed by atoms with E-state index in [-0.39, 0.29) is 11.7 Å². The fourth-order valence-corrected chi connectivity index (χ4v) is 3.40. The van der Waals surface area contributed by atoms with Crippen LogP contribution < -0.4 is 20.6 Å². The van der Waals surface area contributed by atoms with E-state index in [0.717, 1.165) is 11.8 Å². The van der Waals surface area contributed by atoms with E-state index in [1.165, 1.54) is 4.68 Å². The number of nitrogens with two attached hydrogens (primary N) is 1. The summed E-state index contributed by atoms with van der Waals surface area (Å²) in [5.74, 6) is 7.51. The lowest BCUT2D eigenvalue weighted by Crippen LogP contribution is -2.16. The molecule has 2 aromatic carbocycles. The van der Waals surface area contributed by atoms with Gasteiger partial charge in [0, 0.05) is 11.3 Å². The molecule has 1 aromatic heterocycles. The van der Waals surface area contributed by atoms with Crippen LogP contribution in [0, 0.1) is 0 Å². The number of thioether (sulfide) groups is 1. The Morgan fingerprint density at radius 1 is 1.10 bits per heavy atom. The number of methoxy groups -OCH3 is 2. The average Bonchev–Trinajstić information content (AvgIpc) is 3.09. The highest BCUT2D eigenvalue weighted by atomic mass is 35.5. The average molecular weight is 454 g/mol. The molecule has 0 fully saturated rings. The summed E-state index contributed by atoms with van der Waals surface area (Å²) in [6.45, 7) is 0. The summed E-state index contributed by atoms with van der Waals surface area (Å²) in [5.41, 5.74) is 1.25. The van der Waals surface area contributed by atoms with Crippen molar-refractivity contribution in [2.45, 2.75) is 5.16 Å². The van der Waals surface area contributed by atoms with Gasteiger partial charge in [0.25, 0.3) is 0 Å². The molecule has 0 spiro atoms. The molecule has 0 saturated heterocycles. The molecule has 11 heteroatoms. The SMILES string of the molecule is COc1ccc(-c2nnc(SCC(=O)Nc3ccc(Cl)c(Cl)c3)n2N)cc1OC. The summed E-state index contributed by atoms with van der Waals surface area (Å²) in [4.78, 5) is 12.2. The zero-order chi connectivity index (χ0) is 21.0. The maximum atomic E-state index is 12.2. The first-order valence-corrected chi connectivity index (χ1v) is 9.97. The van der Waals surface area contributed by atoms with Crippen LogP contribution in [0.15, 0.2) is 41.6 Å². The monoisotopic (exact) mass is 453 g/mol. The number of rotatable bonds is 7. The van der Waals surface area contributed by atoms with E-state index in [2.05, 4.69) is 15.5 Å². The summed E-state index contributed by atoms with van der Waals surface area (Å²) in [6, 6.07) is 10.1. The normalized spacial score (nSPS) is 10.6. The Labute approximate surface area is 181 Å². The zero-order valence-electron chi connectivity index (χ0n) is 15.5. The molecule has 0 unspecified atom stereocenters. The number of hydrogen-bond acceptors (Lipinski definition) is 7. The van der Waals surface area contributed by atoms with Crippen LogP contribution in [0.3, 0.4) is 0 Å². The van der Waals surface area contributed by atoms with Gasteiger partial charge in [-0.25, -0.2) is 4.68 Å². The Balaban J connectivity index is 1.68. The van der Waals surface area contributed by atoms with Gasteiger partial charge in [0.05, 0.1) is 30.0 Å². The van der Waals surface area contributed by atoms with Crippen LogP contribution in [0.25, 0.3) is 11.4 Å². The standard InChI is InChI=1S/C18H17Cl2N5O3S/c1-27-14-6-3-10(7-15(14)28-2)17-23-24-18(25(17)21)29-9-16(26)22-11-4-5-12(19)13(20)8-11/h3-8H,9,21H2,1-2H3,(H,22,26). The van der Waals surface area contributed by atoms with Crippen molar-refractivity contribution in [3.8, 4) is 22.9 Å². The summed E-state index contributed by atoms with van der Waals surface area (Å²) in [5, 5.41) is 12.1. The molecule has 29 heavy (non-hydrogen) atoms. The fourth-order valence-electron chi connectivity index (χ4n) is 2.45. The molecular weight excluding hydrogens is 437 g/mol. The molecule has 0 atom stereocenters. The van der Waals surface area contributed by atoms with E-state index in [4.69, 9.17) is 38.5 Å². The van der Waals surface area contributed by atoms with Gasteiger partial charge in [-0.15, -0.1) is 10.2 Å². The van der Waals surface area contributed by atoms with Gasteiger partial charge < -0.3 is 20.6 Å².